The molecule has 3 unspecified atom stereocenters. The normalized spacial score (nSPS) is 16.0. The average Bonchev–Trinajstić information content (AvgIpc) is 2.55. The summed E-state index contributed by atoms with van der Waals surface area (Å²) in [5, 5.41) is 9.33. The van der Waals surface area contributed by atoms with Gasteiger partial charge in [0.2, 0.25) is 0 Å². The van der Waals surface area contributed by atoms with Gasteiger partial charge in [-0.25, -0.2) is 4.79 Å². The molecule has 6 heteroatoms. The van der Waals surface area contributed by atoms with Gasteiger partial charge >= 0.3 is 13.6 Å². The van der Waals surface area contributed by atoms with Crippen LogP contribution in [-0.2, 0) is 13.9 Å². The first-order valence-corrected chi connectivity index (χ1v) is 8.56. The van der Waals surface area contributed by atoms with Crippen molar-refractivity contribution in [1.82, 2.24) is 0 Å². The van der Waals surface area contributed by atoms with E-state index in [9.17, 15) is 19.4 Å². The second-order valence-electron chi connectivity index (χ2n) is 4.89. The fourth-order valence-electron chi connectivity index (χ4n) is 2.20. The third kappa shape index (κ3) is 4.17. The molecule has 3 atom stereocenters. The fourth-order valence-corrected chi connectivity index (χ4v) is 3.66. The van der Waals surface area contributed by atoms with Crippen molar-refractivity contribution in [2.24, 2.45) is 0 Å². The number of carboxylic acid groups (broad SMARTS) is 1. The summed E-state index contributed by atoms with van der Waals surface area (Å²) in [6.07, 6.45) is -0.238. The first kappa shape index (κ1) is 17.2. The maximum atomic E-state index is 12.6. The van der Waals surface area contributed by atoms with Crippen LogP contribution in [0.3, 0.4) is 0 Å². The second kappa shape index (κ2) is 7.38. The zero-order valence-corrected chi connectivity index (χ0v) is 13.2. The van der Waals surface area contributed by atoms with Crippen LogP contribution in [0.4, 0.5) is 0 Å². The zero-order valence-electron chi connectivity index (χ0n) is 12.3. The Balaban J connectivity index is 2.32. The van der Waals surface area contributed by atoms with Crippen LogP contribution in [0.15, 0.2) is 73.3 Å². The summed E-state index contributed by atoms with van der Waals surface area (Å²) < 4.78 is 17.8. The van der Waals surface area contributed by atoms with Crippen LogP contribution in [0, 0.1) is 0 Å². The molecule has 0 heterocycles. The lowest BCUT2D eigenvalue weighted by atomic mass is 10.1. The predicted molar refractivity (Wildman–Crippen MR) is 87.1 cm³/mol. The Kier molecular flexibility index (Phi) is 5.50. The minimum Gasteiger partial charge on any atom is -0.479 e. The molecule has 0 aliphatic heterocycles. The third-order valence-electron chi connectivity index (χ3n) is 3.30. The maximum Gasteiger partial charge on any atom is 0.340 e. The Bertz CT molecular complexity index is 714. The van der Waals surface area contributed by atoms with Gasteiger partial charge in [-0.05, 0) is 11.1 Å². The van der Waals surface area contributed by atoms with Gasteiger partial charge < -0.3 is 10.00 Å². The Labute approximate surface area is 134 Å². The number of hydrogen-bond acceptors (Lipinski definition) is 3. The Morgan fingerprint density at radius 1 is 1.04 bits per heavy atom. The van der Waals surface area contributed by atoms with Crippen LogP contribution < -0.4 is 0 Å². The molecule has 0 saturated carbocycles. The van der Waals surface area contributed by atoms with Crippen LogP contribution in [0.1, 0.15) is 22.9 Å². The van der Waals surface area contributed by atoms with E-state index in [-0.39, 0.29) is 0 Å². The molecule has 0 saturated heterocycles. The molecular formula is C17H17O5P. The summed E-state index contributed by atoms with van der Waals surface area (Å²) >= 11 is 0. The van der Waals surface area contributed by atoms with Crippen molar-refractivity contribution in [2.75, 3.05) is 0 Å². The SMILES string of the molecule is C=CC(c1ccccc1)P(=O)(O)OC(C(=O)O)c1ccccc1. The van der Waals surface area contributed by atoms with E-state index < -0.39 is 25.3 Å². The largest absolute Gasteiger partial charge is 0.479 e. The number of carbonyl (C=O) groups is 1. The standard InChI is InChI=1S/C17H17O5P/c1-2-15(13-9-5-3-6-10-13)23(20,21)22-16(17(18)19)14-11-7-4-8-12-14/h2-12,15-16H,1H2,(H,18,19)(H,20,21). The van der Waals surface area contributed by atoms with E-state index in [1.54, 1.807) is 48.5 Å². The summed E-state index contributed by atoms with van der Waals surface area (Å²) in [7, 11) is -4.30. The van der Waals surface area contributed by atoms with E-state index in [1.807, 2.05) is 0 Å². The van der Waals surface area contributed by atoms with Gasteiger partial charge in [0, 0.05) is 0 Å². The predicted octanol–water partition coefficient (Wildman–Crippen LogP) is 3.94. The molecule has 0 aliphatic carbocycles. The molecule has 0 bridgehead atoms. The molecule has 120 valence electrons. The van der Waals surface area contributed by atoms with Crippen molar-refractivity contribution in [2.45, 2.75) is 11.8 Å². The lowest BCUT2D eigenvalue weighted by Crippen LogP contribution is -2.15. The van der Waals surface area contributed by atoms with Crippen LogP contribution in [0.5, 0.6) is 0 Å². The van der Waals surface area contributed by atoms with Crippen molar-refractivity contribution < 1.29 is 23.9 Å². The smallest absolute Gasteiger partial charge is 0.340 e. The van der Waals surface area contributed by atoms with Gasteiger partial charge in [0.15, 0.2) is 6.10 Å². The highest BCUT2D eigenvalue weighted by Gasteiger charge is 2.37. The van der Waals surface area contributed by atoms with Crippen molar-refractivity contribution in [3.05, 3.63) is 84.4 Å². The number of benzene rings is 2. The lowest BCUT2D eigenvalue weighted by Gasteiger charge is -2.23. The number of aliphatic carboxylic acids is 1. The van der Waals surface area contributed by atoms with Crippen molar-refractivity contribution in [1.29, 1.82) is 0 Å². The molecule has 2 N–H and O–H groups in total. The summed E-state index contributed by atoms with van der Waals surface area (Å²) in [5.41, 5.74) is -0.176. The first-order valence-electron chi connectivity index (χ1n) is 6.92. The van der Waals surface area contributed by atoms with E-state index in [0.717, 1.165) is 0 Å². The van der Waals surface area contributed by atoms with E-state index in [1.165, 1.54) is 18.2 Å². The number of carboxylic acids is 1. The fraction of sp³-hybridized carbons (Fsp3) is 0.118. The van der Waals surface area contributed by atoms with Gasteiger partial charge in [-0.2, -0.15) is 0 Å². The van der Waals surface area contributed by atoms with Crippen molar-refractivity contribution in [3.63, 3.8) is 0 Å². The Morgan fingerprint density at radius 3 is 1.96 bits per heavy atom. The summed E-state index contributed by atoms with van der Waals surface area (Å²) in [6, 6.07) is 16.6. The van der Waals surface area contributed by atoms with E-state index in [0.29, 0.717) is 11.1 Å². The summed E-state index contributed by atoms with van der Waals surface area (Å²) in [6.45, 7) is 3.57. The highest BCUT2D eigenvalue weighted by Crippen LogP contribution is 2.59. The maximum absolute atomic E-state index is 12.6. The third-order valence-corrected chi connectivity index (χ3v) is 5.02. The number of hydrogen-bond donors (Lipinski definition) is 2. The van der Waals surface area contributed by atoms with Crippen LogP contribution in [0.2, 0.25) is 0 Å². The minimum atomic E-state index is -4.30. The molecular weight excluding hydrogens is 315 g/mol. The molecule has 0 aliphatic rings. The molecule has 2 rings (SSSR count). The van der Waals surface area contributed by atoms with Crippen LogP contribution >= 0.6 is 7.60 Å². The topological polar surface area (TPSA) is 83.8 Å². The highest BCUT2D eigenvalue weighted by molar-refractivity contribution is 7.53. The van der Waals surface area contributed by atoms with Gasteiger partial charge in [0.25, 0.3) is 0 Å². The van der Waals surface area contributed by atoms with Crippen molar-refractivity contribution >= 4 is 13.6 Å². The van der Waals surface area contributed by atoms with E-state index >= 15 is 0 Å². The average molecular weight is 332 g/mol. The second-order valence-corrected chi connectivity index (χ2v) is 6.79. The Hall–Kier alpha value is -2.20. The van der Waals surface area contributed by atoms with Crippen LogP contribution in [0.25, 0.3) is 0 Å². The van der Waals surface area contributed by atoms with Gasteiger partial charge in [0.1, 0.15) is 5.66 Å². The monoisotopic (exact) mass is 332 g/mol. The Morgan fingerprint density at radius 2 is 1.52 bits per heavy atom. The van der Waals surface area contributed by atoms with Gasteiger partial charge in [-0.1, -0.05) is 66.7 Å². The van der Waals surface area contributed by atoms with Gasteiger partial charge in [-0.15, -0.1) is 6.58 Å². The molecule has 5 nitrogen and oxygen atoms in total. The van der Waals surface area contributed by atoms with E-state index in [2.05, 4.69) is 6.58 Å². The molecule has 0 fully saturated rings. The minimum absolute atomic E-state index is 0.296. The van der Waals surface area contributed by atoms with Crippen LogP contribution in [-0.4, -0.2) is 16.0 Å². The first-order chi connectivity index (χ1) is 11.0. The molecule has 23 heavy (non-hydrogen) atoms. The molecule has 0 radical (unpaired) electrons. The molecule has 0 spiro atoms. The number of rotatable bonds is 7. The quantitative estimate of drug-likeness (QED) is 0.592. The van der Waals surface area contributed by atoms with Gasteiger partial charge in [0.05, 0.1) is 0 Å². The summed E-state index contributed by atoms with van der Waals surface area (Å²) in [5.74, 6) is -1.33. The summed E-state index contributed by atoms with van der Waals surface area (Å²) in [4.78, 5) is 21.7. The lowest BCUT2D eigenvalue weighted by molar-refractivity contribution is -0.145. The van der Waals surface area contributed by atoms with E-state index in [4.69, 9.17) is 4.52 Å². The molecule has 2 aromatic rings. The van der Waals surface area contributed by atoms with Crippen molar-refractivity contribution in [3.8, 4) is 0 Å². The highest BCUT2D eigenvalue weighted by atomic mass is 31.2. The molecule has 0 aromatic heterocycles. The molecule has 2 aromatic carbocycles. The zero-order chi connectivity index (χ0) is 16.9. The van der Waals surface area contributed by atoms with Gasteiger partial charge in [-0.3, -0.25) is 9.09 Å². The number of allylic oxidation sites excluding steroid dienone is 1. The molecule has 0 amide bonds.